The highest BCUT2D eigenvalue weighted by Gasteiger charge is 2.34. The maximum Gasteiger partial charge on any atom is 0.265 e. The molecule has 3 heterocycles. The molecule has 2 aliphatic rings. The van der Waals surface area contributed by atoms with Crippen molar-refractivity contribution in [2.75, 3.05) is 23.8 Å². The Labute approximate surface area is 220 Å². The number of thiophene rings is 1. The first kappa shape index (κ1) is 25.2. The van der Waals surface area contributed by atoms with Gasteiger partial charge in [0.25, 0.3) is 5.91 Å². The molecule has 5 rings (SSSR count). The van der Waals surface area contributed by atoms with Crippen LogP contribution in [-0.4, -0.2) is 50.8 Å². The molecule has 2 aliphatic heterocycles. The number of rotatable bonds is 7. The van der Waals surface area contributed by atoms with Gasteiger partial charge in [0, 0.05) is 17.5 Å². The first-order valence-electron chi connectivity index (χ1n) is 11.1. The quantitative estimate of drug-likeness (QED) is 0.408. The van der Waals surface area contributed by atoms with Gasteiger partial charge in [-0.2, -0.15) is 0 Å². The average molecular weight is 561 g/mol. The number of anilines is 1. The summed E-state index contributed by atoms with van der Waals surface area (Å²) in [6, 6.07) is 11.3. The summed E-state index contributed by atoms with van der Waals surface area (Å²) in [6.45, 7) is 1.01. The molecule has 0 aliphatic carbocycles. The van der Waals surface area contributed by atoms with Crippen molar-refractivity contribution < 1.29 is 31.9 Å². The maximum atomic E-state index is 15.1. The van der Waals surface area contributed by atoms with E-state index in [1.807, 2.05) is 0 Å². The van der Waals surface area contributed by atoms with Gasteiger partial charge in [-0.15, -0.1) is 11.3 Å². The number of ketones is 1. The zero-order valence-corrected chi connectivity index (χ0v) is 21.5. The van der Waals surface area contributed by atoms with Gasteiger partial charge in [-0.3, -0.25) is 14.4 Å². The Bertz CT molecular complexity index is 1600. The van der Waals surface area contributed by atoms with Gasteiger partial charge in [0.2, 0.25) is 11.8 Å². The van der Waals surface area contributed by atoms with E-state index in [1.165, 1.54) is 24.3 Å². The molecule has 0 unspecified atom stereocenters. The highest BCUT2D eigenvalue weighted by atomic mass is 35.5. The summed E-state index contributed by atoms with van der Waals surface area (Å²) < 4.78 is 45.6. The first-order chi connectivity index (χ1) is 17.6. The minimum Gasteiger partial charge on any atom is -0.476 e. The van der Waals surface area contributed by atoms with Crippen LogP contribution in [0.1, 0.15) is 27.0 Å². The highest BCUT2D eigenvalue weighted by Crippen LogP contribution is 2.30. The Hall–Kier alpha value is -3.41. The summed E-state index contributed by atoms with van der Waals surface area (Å²) in [5.41, 5.74) is 1.39. The van der Waals surface area contributed by atoms with Gasteiger partial charge in [-0.25, -0.2) is 22.7 Å². The average Bonchev–Trinajstić information content (AvgIpc) is 3.52. The number of amides is 2. The molecule has 0 fully saturated rings. The number of fused-ring (bicyclic) bond motifs is 1. The summed E-state index contributed by atoms with van der Waals surface area (Å²) in [5.74, 6) is -3.10. The molecule has 2 aromatic carbocycles. The van der Waals surface area contributed by atoms with Gasteiger partial charge in [-0.1, -0.05) is 17.7 Å². The smallest absolute Gasteiger partial charge is 0.265 e. The van der Waals surface area contributed by atoms with Crippen LogP contribution in [0, 0.1) is 5.82 Å². The van der Waals surface area contributed by atoms with Crippen LogP contribution in [0.3, 0.4) is 0 Å². The third-order valence-electron chi connectivity index (χ3n) is 5.82. The molecule has 0 saturated carbocycles. The van der Waals surface area contributed by atoms with Crippen molar-refractivity contribution >= 4 is 62.0 Å². The number of hydrogen-bond acceptors (Lipinski definition) is 8. The molecule has 190 valence electrons. The molecule has 2 amide bonds. The Kier molecular flexibility index (Phi) is 6.69. The van der Waals surface area contributed by atoms with Crippen molar-refractivity contribution in [2.45, 2.75) is 17.1 Å². The van der Waals surface area contributed by atoms with Crippen LogP contribution in [0.25, 0.3) is 0 Å². The van der Waals surface area contributed by atoms with Crippen LogP contribution >= 0.6 is 22.9 Å². The summed E-state index contributed by atoms with van der Waals surface area (Å²) in [5, 5.41) is 0. The van der Waals surface area contributed by atoms with E-state index in [2.05, 4.69) is 4.99 Å². The topological polar surface area (TPSA) is 110 Å². The summed E-state index contributed by atoms with van der Waals surface area (Å²) >= 11 is 6.63. The summed E-state index contributed by atoms with van der Waals surface area (Å²) in [7, 11) is -3.87. The fraction of sp³-hybridized carbons (Fsp3) is 0.200. The van der Waals surface area contributed by atoms with Gasteiger partial charge in [0.05, 0.1) is 23.0 Å². The van der Waals surface area contributed by atoms with Gasteiger partial charge >= 0.3 is 0 Å². The van der Waals surface area contributed by atoms with E-state index >= 15 is 4.39 Å². The second-order valence-corrected chi connectivity index (χ2v) is 12.4. The number of ether oxygens (including phenoxy) is 1. The fourth-order valence-electron chi connectivity index (χ4n) is 4.18. The van der Waals surface area contributed by atoms with Gasteiger partial charge in [0.1, 0.15) is 22.4 Å². The highest BCUT2D eigenvalue weighted by molar-refractivity contribution is 7.94. The number of carbonyl (C=O) groups excluding carboxylic acids is 3. The van der Waals surface area contributed by atoms with Crippen molar-refractivity contribution in [3.63, 3.8) is 0 Å². The third kappa shape index (κ3) is 5.07. The van der Waals surface area contributed by atoms with E-state index in [0.717, 1.165) is 22.3 Å². The van der Waals surface area contributed by atoms with Crippen molar-refractivity contribution in [1.82, 2.24) is 0 Å². The zero-order chi connectivity index (χ0) is 26.3. The first-order valence-corrected chi connectivity index (χ1v) is 13.9. The van der Waals surface area contributed by atoms with Crippen LogP contribution in [0.15, 0.2) is 57.7 Å². The molecular formula is C25H18ClFN2O6S2. The molecule has 1 aromatic heterocycles. The Balaban J connectivity index is 1.33. The van der Waals surface area contributed by atoms with E-state index in [9.17, 15) is 22.8 Å². The number of aliphatic imine (C=N–C) groups is 1. The SMILES string of the molecule is O=C(Cc1ccc(N2C(=O)Cc3cc(C4=NCCO4)ccc3C2=O)c(F)c1)CS(=O)(=O)c1ccc(Cl)s1. The van der Waals surface area contributed by atoms with Crippen LogP contribution in [0.4, 0.5) is 10.1 Å². The Morgan fingerprint density at radius 3 is 2.62 bits per heavy atom. The Morgan fingerprint density at radius 1 is 1.14 bits per heavy atom. The molecule has 0 N–H and O–H groups in total. The lowest BCUT2D eigenvalue weighted by Gasteiger charge is -2.27. The number of nitrogens with zero attached hydrogens (tertiary/aromatic N) is 2. The molecular weight excluding hydrogens is 543 g/mol. The second-order valence-electron chi connectivity index (χ2n) is 8.44. The van der Waals surface area contributed by atoms with Crippen LogP contribution in [-0.2, 0) is 37.0 Å². The maximum absolute atomic E-state index is 15.1. The number of sulfone groups is 1. The van der Waals surface area contributed by atoms with E-state index in [1.54, 1.807) is 18.2 Å². The number of imide groups is 1. The molecule has 8 nitrogen and oxygen atoms in total. The third-order valence-corrected chi connectivity index (χ3v) is 9.31. The molecule has 0 saturated heterocycles. The minimum atomic E-state index is -3.87. The zero-order valence-electron chi connectivity index (χ0n) is 19.1. The molecule has 0 spiro atoms. The number of carbonyl (C=O) groups is 3. The predicted molar refractivity (Wildman–Crippen MR) is 136 cm³/mol. The predicted octanol–water partition coefficient (Wildman–Crippen LogP) is 3.63. The largest absolute Gasteiger partial charge is 0.476 e. The molecule has 0 radical (unpaired) electrons. The number of Topliss-reactive ketones (excluding diaryl/α,β-unsaturated/α-hetero) is 1. The molecule has 0 bridgehead atoms. The van der Waals surface area contributed by atoms with Gasteiger partial charge < -0.3 is 4.74 Å². The lowest BCUT2D eigenvalue weighted by Crippen LogP contribution is -2.43. The van der Waals surface area contributed by atoms with E-state index in [4.69, 9.17) is 16.3 Å². The fourth-order valence-corrected chi connectivity index (χ4v) is 6.99. The standard InChI is InChI=1S/C25H18ClFN2O6S2/c26-21-5-6-23(36-21)37(33,34)13-17(30)9-14-1-4-20(19(27)10-14)29-22(31)12-16-11-15(24-28-7-8-35-24)2-3-18(16)25(29)32/h1-6,10-11H,7-9,12-13H2. The van der Waals surface area contributed by atoms with E-state index in [-0.39, 0.29) is 38.2 Å². The summed E-state index contributed by atoms with van der Waals surface area (Å²) in [4.78, 5) is 43.4. The van der Waals surface area contributed by atoms with Gasteiger partial charge in [0.15, 0.2) is 15.6 Å². The van der Waals surface area contributed by atoms with E-state index < -0.39 is 39.0 Å². The second kappa shape index (κ2) is 9.81. The van der Waals surface area contributed by atoms with Crippen molar-refractivity contribution in [1.29, 1.82) is 0 Å². The molecule has 12 heteroatoms. The molecule has 0 atom stereocenters. The van der Waals surface area contributed by atoms with Gasteiger partial charge in [-0.05, 0) is 53.6 Å². The van der Waals surface area contributed by atoms with Crippen molar-refractivity contribution in [3.05, 3.63) is 80.9 Å². The lowest BCUT2D eigenvalue weighted by molar-refractivity contribution is -0.118. The summed E-state index contributed by atoms with van der Waals surface area (Å²) in [6.07, 6.45) is -0.457. The lowest BCUT2D eigenvalue weighted by atomic mass is 9.95. The number of hydrogen-bond donors (Lipinski definition) is 0. The minimum absolute atomic E-state index is 0.0225. The van der Waals surface area contributed by atoms with Crippen molar-refractivity contribution in [3.8, 4) is 0 Å². The monoisotopic (exact) mass is 560 g/mol. The number of halogens is 2. The normalized spacial score (nSPS) is 15.4. The Morgan fingerprint density at radius 2 is 1.95 bits per heavy atom. The van der Waals surface area contributed by atoms with Crippen LogP contribution < -0.4 is 4.90 Å². The number of benzene rings is 2. The van der Waals surface area contributed by atoms with Crippen LogP contribution in [0.5, 0.6) is 0 Å². The van der Waals surface area contributed by atoms with E-state index in [0.29, 0.717) is 30.2 Å². The molecule has 37 heavy (non-hydrogen) atoms. The van der Waals surface area contributed by atoms with Crippen LogP contribution in [0.2, 0.25) is 4.34 Å². The van der Waals surface area contributed by atoms with Crippen molar-refractivity contribution in [2.24, 2.45) is 4.99 Å². The molecule has 3 aromatic rings.